The third kappa shape index (κ3) is 7.63. The van der Waals surface area contributed by atoms with Crippen molar-refractivity contribution in [3.63, 3.8) is 0 Å². The van der Waals surface area contributed by atoms with Crippen LogP contribution >= 0.6 is 0 Å². The highest BCUT2D eigenvalue weighted by Gasteiger charge is 1.95. The molecule has 0 unspecified atom stereocenters. The Morgan fingerprint density at radius 3 is 2.20 bits per heavy atom. The quantitative estimate of drug-likeness (QED) is 0.605. The van der Waals surface area contributed by atoms with Crippen molar-refractivity contribution in [3.05, 3.63) is 0 Å². The van der Waals surface area contributed by atoms with Crippen molar-refractivity contribution in [1.29, 1.82) is 0 Å². The maximum absolute atomic E-state index is 10.7. The highest BCUT2D eigenvalue weighted by Crippen LogP contribution is 2.00. The van der Waals surface area contributed by atoms with Crippen LogP contribution in [0.2, 0.25) is 0 Å². The van der Waals surface area contributed by atoms with Crippen LogP contribution in [0.4, 0.5) is 0 Å². The van der Waals surface area contributed by atoms with Gasteiger partial charge >= 0.3 is 0 Å². The summed E-state index contributed by atoms with van der Waals surface area (Å²) in [5, 5.41) is 0. The van der Waals surface area contributed by atoms with E-state index in [1.165, 1.54) is 12.8 Å². The largest absolute Gasteiger partial charge is 0.344 e. The van der Waals surface area contributed by atoms with E-state index in [0.29, 0.717) is 12.2 Å². The Morgan fingerprint density at radius 1 is 1.20 bits per heavy atom. The van der Waals surface area contributed by atoms with Gasteiger partial charge in [0.1, 0.15) is 5.78 Å². The first kappa shape index (κ1) is 12.3. The first-order chi connectivity index (χ1) is 4.31. The molecular weight excluding hydrogens is 126 g/mol. The van der Waals surface area contributed by atoms with E-state index in [-0.39, 0.29) is 6.15 Å². The first-order valence-electron chi connectivity index (χ1n) is 3.83. The second-order valence-corrected chi connectivity index (χ2v) is 2.35. The molecule has 0 aromatic carbocycles. The third-order valence-electron chi connectivity index (χ3n) is 1.45. The summed E-state index contributed by atoms with van der Waals surface area (Å²) in [6, 6.07) is 0. The van der Waals surface area contributed by atoms with Crippen molar-refractivity contribution >= 4 is 5.78 Å². The van der Waals surface area contributed by atoms with Crippen molar-refractivity contribution in [3.8, 4) is 0 Å². The lowest BCUT2D eigenvalue weighted by Crippen LogP contribution is -1.93. The molecule has 0 aliphatic rings. The Balaban J connectivity index is 0. The second-order valence-electron chi connectivity index (χ2n) is 2.35. The van der Waals surface area contributed by atoms with Crippen LogP contribution in [0.1, 0.15) is 46.0 Å². The molecule has 0 amide bonds. The number of hydrogen-bond acceptors (Lipinski definition) is 2. The highest BCUT2D eigenvalue weighted by molar-refractivity contribution is 5.77. The van der Waals surface area contributed by atoms with Gasteiger partial charge in [0.2, 0.25) is 0 Å². The fourth-order valence-electron chi connectivity index (χ4n) is 0.749. The maximum Gasteiger partial charge on any atom is 0.132 e. The average molecular weight is 145 g/mol. The van der Waals surface area contributed by atoms with E-state index in [4.69, 9.17) is 0 Å². The number of Topliss-reactive ketones (excluding diaryl/α,β-unsaturated/α-hetero) is 1. The number of rotatable bonds is 5. The monoisotopic (exact) mass is 145 g/mol. The minimum absolute atomic E-state index is 0. The van der Waals surface area contributed by atoms with Crippen molar-refractivity contribution < 1.29 is 4.79 Å². The molecule has 0 rings (SSSR count). The van der Waals surface area contributed by atoms with Gasteiger partial charge in [0.25, 0.3) is 0 Å². The number of carbonyl (C=O) groups excluding carboxylic acids is 1. The second kappa shape index (κ2) is 8.63. The van der Waals surface area contributed by atoms with Gasteiger partial charge in [-0.25, -0.2) is 0 Å². The molecule has 0 spiro atoms. The fraction of sp³-hybridized carbons (Fsp3) is 0.875. The summed E-state index contributed by atoms with van der Waals surface area (Å²) in [5.41, 5.74) is 0. The summed E-state index contributed by atoms with van der Waals surface area (Å²) in [4.78, 5) is 10.7. The summed E-state index contributed by atoms with van der Waals surface area (Å²) in [5.74, 6) is 0.406. The van der Waals surface area contributed by atoms with E-state index in [1.54, 1.807) is 0 Å². The van der Waals surface area contributed by atoms with Gasteiger partial charge in [-0.05, 0) is 6.42 Å². The van der Waals surface area contributed by atoms with Crippen LogP contribution in [0.5, 0.6) is 0 Å². The Bertz CT molecular complexity index is 81.3. The van der Waals surface area contributed by atoms with Gasteiger partial charge < -0.3 is 6.15 Å². The van der Waals surface area contributed by atoms with Crippen molar-refractivity contribution in [1.82, 2.24) is 6.15 Å². The van der Waals surface area contributed by atoms with Gasteiger partial charge in [0, 0.05) is 12.8 Å². The Hall–Kier alpha value is -0.370. The fourth-order valence-corrected chi connectivity index (χ4v) is 0.749. The predicted molar refractivity (Wildman–Crippen MR) is 44.5 cm³/mol. The standard InChI is InChI=1S/C8H16O.H3N/c1-3-5-6-7-8(9)4-2;/h3-7H2,1-2H3;1H3. The van der Waals surface area contributed by atoms with E-state index in [2.05, 4.69) is 6.92 Å². The number of ketones is 1. The van der Waals surface area contributed by atoms with Gasteiger partial charge in [0.15, 0.2) is 0 Å². The average Bonchev–Trinajstić information content (AvgIpc) is 1.89. The van der Waals surface area contributed by atoms with E-state index in [0.717, 1.165) is 12.8 Å². The van der Waals surface area contributed by atoms with Crippen molar-refractivity contribution in [2.45, 2.75) is 46.0 Å². The minimum atomic E-state index is 0. The first-order valence-corrected chi connectivity index (χ1v) is 3.83. The summed E-state index contributed by atoms with van der Waals surface area (Å²) in [6.45, 7) is 4.07. The lowest BCUT2D eigenvalue weighted by molar-refractivity contribution is -0.118. The molecule has 0 saturated carbocycles. The third-order valence-corrected chi connectivity index (χ3v) is 1.45. The molecule has 62 valence electrons. The molecule has 0 heterocycles. The molecule has 2 heteroatoms. The molecule has 0 bridgehead atoms. The number of carbonyl (C=O) groups is 1. The summed E-state index contributed by atoms with van der Waals surface area (Å²) in [6.07, 6.45) is 5.00. The molecule has 0 aliphatic carbocycles. The molecular formula is C8H19NO. The van der Waals surface area contributed by atoms with Crippen LogP contribution in [-0.4, -0.2) is 5.78 Å². The number of unbranched alkanes of at least 4 members (excludes halogenated alkanes) is 2. The molecule has 10 heavy (non-hydrogen) atoms. The number of hydrogen-bond donors (Lipinski definition) is 1. The van der Waals surface area contributed by atoms with Crippen LogP contribution < -0.4 is 6.15 Å². The Morgan fingerprint density at radius 2 is 1.80 bits per heavy atom. The van der Waals surface area contributed by atoms with Gasteiger partial charge in [-0.3, -0.25) is 4.79 Å². The van der Waals surface area contributed by atoms with Crippen LogP contribution in [0.25, 0.3) is 0 Å². The van der Waals surface area contributed by atoms with Crippen LogP contribution in [0.3, 0.4) is 0 Å². The molecule has 0 atom stereocenters. The Kier molecular flexibility index (Phi) is 10.6. The molecule has 2 nitrogen and oxygen atoms in total. The zero-order valence-electron chi connectivity index (χ0n) is 7.15. The minimum Gasteiger partial charge on any atom is -0.344 e. The van der Waals surface area contributed by atoms with Gasteiger partial charge in [-0.2, -0.15) is 0 Å². The summed E-state index contributed by atoms with van der Waals surface area (Å²) < 4.78 is 0. The summed E-state index contributed by atoms with van der Waals surface area (Å²) >= 11 is 0. The van der Waals surface area contributed by atoms with Gasteiger partial charge in [0.05, 0.1) is 0 Å². The zero-order chi connectivity index (χ0) is 7.11. The predicted octanol–water partition coefficient (Wildman–Crippen LogP) is 2.71. The maximum atomic E-state index is 10.7. The molecule has 0 radical (unpaired) electrons. The molecule has 0 saturated heterocycles. The van der Waals surface area contributed by atoms with E-state index in [1.807, 2.05) is 6.92 Å². The molecule has 0 aromatic rings. The van der Waals surface area contributed by atoms with E-state index in [9.17, 15) is 4.79 Å². The van der Waals surface area contributed by atoms with Gasteiger partial charge in [-0.15, -0.1) is 0 Å². The lowest BCUT2D eigenvalue weighted by Gasteiger charge is -1.93. The zero-order valence-corrected chi connectivity index (χ0v) is 7.15. The lowest BCUT2D eigenvalue weighted by atomic mass is 10.1. The summed E-state index contributed by atoms with van der Waals surface area (Å²) in [7, 11) is 0. The molecule has 0 fully saturated rings. The molecule has 0 aromatic heterocycles. The molecule has 0 aliphatic heterocycles. The van der Waals surface area contributed by atoms with Crippen LogP contribution in [0, 0.1) is 0 Å². The van der Waals surface area contributed by atoms with E-state index >= 15 is 0 Å². The van der Waals surface area contributed by atoms with Crippen LogP contribution in [-0.2, 0) is 4.79 Å². The normalized spacial score (nSPS) is 8.60. The Labute approximate surface area is 63.6 Å². The highest BCUT2D eigenvalue weighted by atomic mass is 16.1. The van der Waals surface area contributed by atoms with E-state index < -0.39 is 0 Å². The topological polar surface area (TPSA) is 52.1 Å². The smallest absolute Gasteiger partial charge is 0.132 e. The van der Waals surface area contributed by atoms with Crippen molar-refractivity contribution in [2.75, 3.05) is 0 Å². The van der Waals surface area contributed by atoms with Crippen molar-refractivity contribution in [2.24, 2.45) is 0 Å². The van der Waals surface area contributed by atoms with Gasteiger partial charge in [-0.1, -0.05) is 26.7 Å². The van der Waals surface area contributed by atoms with Crippen LogP contribution in [0.15, 0.2) is 0 Å². The SMILES string of the molecule is CCCCCC(=O)CC.N. The molecule has 3 N–H and O–H groups in total.